The number of hydrogen-bond acceptors (Lipinski definition) is 5. The number of nitrogens with zero attached hydrogens (tertiary/aromatic N) is 3. The summed E-state index contributed by atoms with van der Waals surface area (Å²) in [5.41, 5.74) is 1.63. The van der Waals surface area contributed by atoms with Crippen LogP contribution in [0, 0.1) is 0 Å². The van der Waals surface area contributed by atoms with Gasteiger partial charge in [0.15, 0.2) is 5.65 Å². The molecule has 0 saturated heterocycles. The first-order chi connectivity index (χ1) is 11.4. The maximum Gasteiger partial charge on any atom is 0.255 e. The molecule has 3 rings (SSSR count). The van der Waals surface area contributed by atoms with E-state index in [9.17, 15) is 9.90 Å². The van der Waals surface area contributed by atoms with Crippen LogP contribution in [0.4, 0.5) is 0 Å². The average Bonchev–Trinajstić information content (AvgIpc) is 2.97. The lowest BCUT2D eigenvalue weighted by atomic mass is 10.0. The highest BCUT2D eigenvalue weighted by Crippen LogP contribution is 2.20. The minimum Gasteiger partial charge on any atom is -0.388 e. The molecule has 1 amide bonds. The van der Waals surface area contributed by atoms with Crippen molar-refractivity contribution in [3.8, 4) is 11.4 Å². The van der Waals surface area contributed by atoms with Gasteiger partial charge in [0.1, 0.15) is 11.2 Å². The fraction of sp³-hybridized carbons (Fsp3) is 0.294. The molecule has 0 aliphatic heterocycles. The van der Waals surface area contributed by atoms with E-state index in [1.807, 2.05) is 18.2 Å². The third-order valence-electron chi connectivity index (χ3n) is 3.96. The summed E-state index contributed by atoms with van der Waals surface area (Å²) in [6.07, 6.45) is 4.86. The minimum atomic E-state index is -1.02. The fourth-order valence-corrected chi connectivity index (χ4v) is 2.15. The van der Waals surface area contributed by atoms with Gasteiger partial charge in [0, 0.05) is 12.4 Å². The van der Waals surface area contributed by atoms with Crippen LogP contribution in [-0.4, -0.2) is 42.6 Å². The molecule has 0 aliphatic rings. The maximum absolute atomic E-state index is 12.5. The Bertz CT molecular complexity index is 868. The van der Waals surface area contributed by atoms with Crippen LogP contribution < -0.4 is 5.32 Å². The van der Waals surface area contributed by atoms with Crippen LogP contribution in [0.2, 0.25) is 0 Å². The van der Waals surface area contributed by atoms with Gasteiger partial charge in [-0.3, -0.25) is 9.78 Å². The van der Waals surface area contributed by atoms with Gasteiger partial charge in [-0.2, -0.15) is 0 Å². The first-order valence-electron chi connectivity index (χ1n) is 7.65. The molecule has 0 bridgehead atoms. The second-order valence-electron chi connectivity index (χ2n) is 6.22. The van der Waals surface area contributed by atoms with Crippen molar-refractivity contribution in [2.45, 2.75) is 32.4 Å². The summed E-state index contributed by atoms with van der Waals surface area (Å²) in [6.45, 7) is 5.04. The fourth-order valence-electron chi connectivity index (χ4n) is 2.15. The Labute approximate surface area is 139 Å². The molecule has 7 nitrogen and oxygen atoms in total. The topological polar surface area (TPSA) is 104 Å². The van der Waals surface area contributed by atoms with Crippen LogP contribution in [0.15, 0.2) is 36.8 Å². The molecule has 24 heavy (non-hydrogen) atoms. The number of hydrogen-bond donors (Lipinski definition) is 3. The van der Waals surface area contributed by atoms with Crippen molar-refractivity contribution >= 4 is 17.1 Å². The van der Waals surface area contributed by atoms with E-state index in [1.165, 1.54) is 0 Å². The number of aliphatic hydroxyl groups is 1. The Kier molecular flexibility index (Phi) is 4.02. The molecule has 0 spiro atoms. The summed E-state index contributed by atoms with van der Waals surface area (Å²) < 4.78 is 0. The summed E-state index contributed by atoms with van der Waals surface area (Å²) >= 11 is 0. The molecule has 124 valence electrons. The molecule has 0 saturated carbocycles. The molecular weight excluding hydrogens is 306 g/mol. The number of nitrogens with one attached hydrogen (secondary N) is 2. The molecule has 3 heterocycles. The van der Waals surface area contributed by atoms with Crippen molar-refractivity contribution in [2.24, 2.45) is 0 Å². The van der Waals surface area contributed by atoms with E-state index >= 15 is 0 Å². The quantitative estimate of drug-likeness (QED) is 0.680. The molecule has 7 heteroatoms. The number of H-pyrrole nitrogens is 1. The number of aromatic amines is 1. The van der Waals surface area contributed by atoms with E-state index < -0.39 is 11.6 Å². The number of aromatic nitrogens is 4. The summed E-state index contributed by atoms with van der Waals surface area (Å²) in [5.74, 6) is -0.316. The Morgan fingerprint density at radius 1 is 1.29 bits per heavy atom. The summed E-state index contributed by atoms with van der Waals surface area (Å²) in [7, 11) is 0. The van der Waals surface area contributed by atoms with E-state index in [0.29, 0.717) is 28.1 Å². The van der Waals surface area contributed by atoms with Crippen LogP contribution in [0.5, 0.6) is 0 Å². The zero-order valence-electron chi connectivity index (χ0n) is 13.7. The average molecular weight is 325 g/mol. The number of rotatable bonds is 4. The Balaban J connectivity index is 1.96. The molecule has 1 atom stereocenters. The van der Waals surface area contributed by atoms with Crippen LogP contribution in [0.25, 0.3) is 22.6 Å². The minimum absolute atomic E-state index is 0.316. The Morgan fingerprint density at radius 2 is 2.08 bits per heavy atom. The summed E-state index contributed by atoms with van der Waals surface area (Å²) in [6, 6.07) is 5.10. The van der Waals surface area contributed by atoms with Gasteiger partial charge in [0.05, 0.1) is 29.1 Å². The number of carbonyl (C=O) groups is 1. The normalized spacial score (nSPS) is 13.0. The maximum atomic E-state index is 12.5. The molecule has 0 fully saturated rings. The van der Waals surface area contributed by atoms with Crippen LogP contribution in [0.3, 0.4) is 0 Å². The predicted octanol–water partition coefficient (Wildman–Crippen LogP) is 1.91. The molecule has 3 aromatic rings. The van der Waals surface area contributed by atoms with Crippen LogP contribution in [-0.2, 0) is 0 Å². The van der Waals surface area contributed by atoms with Crippen LogP contribution in [0.1, 0.15) is 31.1 Å². The second-order valence-corrected chi connectivity index (χ2v) is 6.22. The van der Waals surface area contributed by atoms with E-state index in [-0.39, 0.29) is 5.91 Å². The molecule has 0 aliphatic carbocycles. The van der Waals surface area contributed by atoms with Gasteiger partial charge in [0.2, 0.25) is 0 Å². The lowest BCUT2D eigenvalue weighted by molar-refractivity contribution is 0.0409. The van der Waals surface area contributed by atoms with E-state index in [2.05, 4.69) is 25.3 Å². The first-order valence-corrected chi connectivity index (χ1v) is 7.65. The van der Waals surface area contributed by atoms with Gasteiger partial charge in [0.25, 0.3) is 5.91 Å². The Morgan fingerprint density at radius 3 is 2.75 bits per heavy atom. The van der Waals surface area contributed by atoms with Gasteiger partial charge in [-0.25, -0.2) is 9.97 Å². The molecular formula is C17H19N5O2. The monoisotopic (exact) mass is 325 g/mol. The largest absolute Gasteiger partial charge is 0.388 e. The van der Waals surface area contributed by atoms with E-state index in [1.54, 1.807) is 39.4 Å². The SMILES string of the molecule is C[C@@H](NC(=O)c1c[nH]c2ncc(-c3ccccn3)nc12)C(C)(C)O. The molecule has 0 unspecified atom stereocenters. The van der Waals surface area contributed by atoms with E-state index in [4.69, 9.17) is 0 Å². The highest BCUT2D eigenvalue weighted by atomic mass is 16.3. The van der Waals surface area contributed by atoms with E-state index in [0.717, 1.165) is 0 Å². The smallest absolute Gasteiger partial charge is 0.255 e. The van der Waals surface area contributed by atoms with Gasteiger partial charge in [-0.1, -0.05) is 6.07 Å². The molecule has 3 aromatic heterocycles. The molecule has 0 radical (unpaired) electrons. The van der Waals surface area contributed by atoms with Crippen molar-refractivity contribution in [3.05, 3.63) is 42.4 Å². The van der Waals surface area contributed by atoms with Crippen molar-refractivity contribution in [1.29, 1.82) is 0 Å². The molecule has 0 aromatic carbocycles. The van der Waals surface area contributed by atoms with Gasteiger partial charge in [-0.15, -0.1) is 0 Å². The standard InChI is InChI=1S/C17H19N5O2/c1-10(17(2,3)24)21-16(23)11-8-19-15-14(11)22-13(9-20-15)12-6-4-5-7-18-12/h4-10,24H,1-3H3,(H,19,20)(H,21,23)/t10-/m1/s1. The van der Waals surface area contributed by atoms with Crippen molar-refractivity contribution < 1.29 is 9.90 Å². The van der Waals surface area contributed by atoms with Gasteiger partial charge >= 0.3 is 0 Å². The lowest BCUT2D eigenvalue weighted by Crippen LogP contribution is -2.47. The number of fused-ring (bicyclic) bond motifs is 1. The zero-order chi connectivity index (χ0) is 17.3. The highest BCUT2D eigenvalue weighted by molar-refractivity contribution is 6.04. The third-order valence-corrected chi connectivity index (χ3v) is 3.96. The van der Waals surface area contributed by atoms with Crippen molar-refractivity contribution in [2.75, 3.05) is 0 Å². The first kappa shape index (κ1) is 16.1. The number of pyridine rings is 1. The predicted molar refractivity (Wildman–Crippen MR) is 90.3 cm³/mol. The lowest BCUT2D eigenvalue weighted by Gasteiger charge is -2.26. The Hall–Kier alpha value is -2.80. The number of amides is 1. The van der Waals surface area contributed by atoms with Crippen LogP contribution >= 0.6 is 0 Å². The third kappa shape index (κ3) is 3.11. The van der Waals surface area contributed by atoms with Crippen molar-refractivity contribution in [3.63, 3.8) is 0 Å². The zero-order valence-corrected chi connectivity index (χ0v) is 13.7. The molecule has 3 N–H and O–H groups in total. The van der Waals surface area contributed by atoms with Gasteiger partial charge < -0.3 is 15.4 Å². The number of carbonyl (C=O) groups excluding carboxylic acids is 1. The summed E-state index contributed by atoms with van der Waals surface area (Å²) in [4.78, 5) is 28.5. The highest BCUT2D eigenvalue weighted by Gasteiger charge is 2.25. The van der Waals surface area contributed by atoms with Gasteiger partial charge in [-0.05, 0) is 32.9 Å². The second kappa shape index (κ2) is 6.01. The van der Waals surface area contributed by atoms with Crippen molar-refractivity contribution in [1.82, 2.24) is 25.3 Å². The summed E-state index contributed by atoms with van der Waals surface area (Å²) in [5, 5.41) is 12.8.